The average Bonchev–Trinajstić information content (AvgIpc) is 2.25. The van der Waals surface area contributed by atoms with Gasteiger partial charge in [0.25, 0.3) is 5.24 Å². The molecule has 0 N–H and O–H groups in total. The zero-order valence-electron chi connectivity index (χ0n) is 9.93. The minimum atomic E-state index is -4.59. The van der Waals surface area contributed by atoms with Crippen molar-refractivity contribution in [3.63, 3.8) is 0 Å². The van der Waals surface area contributed by atoms with Gasteiger partial charge in [-0.05, 0) is 30.2 Å². The summed E-state index contributed by atoms with van der Waals surface area (Å²) in [6.07, 6.45) is -4.59. The van der Waals surface area contributed by atoms with Crippen molar-refractivity contribution in [3.05, 3.63) is 22.9 Å². The van der Waals surface area contributed by atoms with Crippen LogP contribution in [0.25, 0.3) is 0 Å². The van der Waals surface area contributed by atoms with Gasteiger partial charge in [-0.2, -0.15) is 13.2 Å². The quantitative estimate of drug-likeness (QED) is 0.740. The van der Waals surface area contributed by atoms with Crippen molar-refractivity contribution < 1.29 is 26.9 Å². The molecule has 0 amide bonds. The second kappa shape index (κ2) is 8.02. The monoisotopic (exact) mass is 371 g/mol. The lowest BCUT2D eigenvalue weighted by atomic mass is 10.1. The van der Waals surface area contributed by atoms with E-state index in [1.54, 1.807) is 0 Å². The van der Waals surface area contributed by atoms with Crippen LogP contribution >= 0.6 is 33.0 Å². The molecule has 0 atom stereocenters. The molecule has 11 heteroatoms. The average molecular weight is 373 g/mol. The smallest absolute Gasteiger partial charge is 0.433 e. The molecule has 0 fully saturated rings. The van der Waals surface area contributed by atoms with Crippen LogP contribution in [-0.2, 0) is 15.4 Å². The molecule has 0 aromatic carbocycles. The first-order valence-electron chi connectivity index (χ1n) is 4.57. The van der Waals surface area contributed by atoms with Gasteiger partial charge >= 0.3 is 6.18 Å². The summed E-state index contributed by atoms with van der Waals surface area (Å²) >= 11 is 5.22. The van der Waals surface area contributed by atoms with Crippen molar-refractivity contribution in [1.82, 2.24) is 4.98 Å². The fourth-order valence-electron chi connectivity index (χ4n) is 1.18. The maximum atomic E-state index is 12.4. The molecule has 1 rings (SSSR count). The van der Waals surface area contributed by atoms with E-state index in [0.29, 0.717) is 0 Å². The molecule has 0 aliphatic carbocycles. The highest BCUT2D eigenvalue weighted by Gasteiger charge is 2.34. The molecule has 0 saturated carbocycles. The molecule has 0 aliphatic heterocycles. The van der Waals surface area contributed by atoms with E-state index in [1.165, 1.54) is 6.92 Å². The first kappa shape index (κ1) is 19.4. The number of rotatable bonds is 2. The zero-order chi connectivity index (χ0) is 16.1. The van der Waals surface area contributed by atoms with Gasteiger partial charge < -0.3 is 4.74 Å². The molecule has 0 spiro atoms. The first-order chi connectivity index (χ1) is 9.00. The number of aromatic nitrogens is 1. The summed E-state index contributed by atoms with van der Waals surface area (Å²) < 4.78 is 50.8. The van der Waals surface area contributed by atoms with Crippen LogP contribution in [-0.4, -0.2) is 21.5 Å². The molecule has 4 nitrogen and oxygen atoms in total. The van der Waals surface area contributed by atoms with Gasteiger partial charge in [0.05, 0.1) is 12.7 Å². The summed E-state index contributed by atoms with van der Waals surface area (Å²) in [5, 5.41) is -0.907. The molecule has 20 heavy (non-hydrogen) atoms. The molecule has 1 aromatic heterocycles. The van der Waals surface area contributed by atoms with Crippen molar-refractivity contribution in [2.24, 2.45) is 0 Å². The van der Waals surface area contributed by atoms with Gasteiger partial charge in [-0.15, -0.1) is 0 Å². The number of alkyl halides is 3. The van der Waals surface area contributed by atoms with Crippen LogP contribution < -0.4 is 4.74 Å². The third kappa shape index (κ3) is 6.25. The largest absolute Gasteiger partial charge is 0.480 e. The van der Waals surface area contributed by atoms with Crippen molar-refractivity contribution in [2.45, 2.75) is 13.1 Å². The first-order valence-corrected chi connectivity index (χ1v) is 7.75. The Kier molecular flexibility index (Phi) is 7.79. The van der Waals surface area contributed by atoms with E-state index in [4.69, 9.17) is 15.8 Å². The van der Waals surface area contributed by atoms with Gasteiger partial charge in [-0.25, -0.2) is 9.19 Å². The number of nitrogens with zero attached hydrogens (tertiary/aromatic N) is 1. The van der Waals surface area contributed by atoms with Crippen LogP contribution in [0.2, 0.25) is 0 Å². The Morgan fingerprint density at radius 1 is 1.40 bits per heavy atom. The Labute approximate surface area is 128 Å². The van der Waals surface area contributed by atoms with Gasteiger partial charge in [0.2, 0.25) is 15.1 Å². The summed E-state index contributed by atoms with van der Waals surface area (Å²) in [5.41, 5.74) is -1.21. The third-order valence-corrected chi connectivity index (χ3v) is 2.05. The molecule has 1 aromatic rings. The summed E-state index contributed by atoms with van der Waals surface area (Å²) in [6.45, 7) is 1.33. The third-order valence-electron chi connectivity index (χ3n) is 1.86. The van der Waals surface area contributed by atoms with E-state index in [0.717, 1.165) is 13.2 Å². The topological polar surface area (TPSA) is 56.3 Å². The maximum absolute atomic E-state index is 12.4. The van der Waals surface area contributed by atoms with E-state index >= 15 is 0 Å². The normalized spacial score (nSPS) is 10.8. The van der Waals surface area contributed by atoms with Crippen LogP contribution in [0.15, 0.2) is 6.07 Å². The number of ether oxygens (including phenoxy) is 1. The highest BCUT2D eigenvalue weighted by Crippen LogP contribution is 2.32. The maximum Gasteiger partial charge on any atom is 0.433 e. The minimum absolute atomic E-state index is 0.0687. The lowest BCUT2D eigenvalue weighted by Gasteiger charge is -2.11. The Balaban J connectivity index is 0.000000796. The fraction of sp³-hybridized carbons (Fsp3) is 0.333. The van der Waals surface area contributed by atoms with E-state index in [2.05, 4.69) is 31.1 Å². The number of pyridine rings is 1. The molecule has 0 bridgehead atoms. The SMILES string of the molecule is COc1nc(C(F)(F)F)cc(C)c1C(=O)Cl.O=S(Cl)Cl. The van der Waals surface area contributed by atoms with Crippen molar-refractivity contribution >= 4 is 47.4 Å². The summed E-state index contributed by atoms with van der Waals surface area (Å²) in [4.78, 5) is 14.2. The summed E-state index contributed by atoms with van der Waals surface area (Å²) in [5.74, 6) is -0.424. The van der Waals surface area contributed by atoms with Crippen LogP contribution in [0.5, 0.6) is 5.88 Å². The van der Waals surface area contributed by atoms with Crippen LogP contribution in [0.3, 0.4) is 0 Å². The number of hydrogen-bond acceptors (Lipinski definition) is 4. The summed E-state index contributed by atoms with van der Waals surface area (Å²) in [7, 11) is 8.47. The minimum Gasteiger partial charge on any atom is -0.480 e. The standard InChI is InChI=1S/C9H7ClF3NO2.Cl2OS/c1-4-3-5(9(11,12)13)14-8(16-2)6(4)7(10)15;1-4(2)3/h3H,1-2H3;. The lowest BCUT2D eigenvalue weighted by molar-refractivity contribution is -0.141. The number of hydrogen-bond donors (Lipinski definition) is 0. The van der Waals surface area contributed by atoms with Crippen molar-refractivity contribution in [1.29, 1.82) is 0 Å². The van der Waals surface area contributed by atoms with Crippen molar-refractivity contribution in [3.8, 4) is 5.88 Å². The van der Waals surface area contributed by atoms with Gasteiger partial charge in [0.1, 0.15) is 5.69 Å². The predicted octanol–water partition coefficient (Wildman–Crippen LogP) is 3.84. The van der Waals surface area contributed by atoms with E-state index in [1.807, 2.05) is 0 Å². The lowest BCUT2D eigenvalue weighted by Crippen LogP contribution is -2.12. The molecular weight excluding hydrogens is 366 g/mol. The number of halogens is 6. The van der Waals surface area contributed by atoms with Gasteiger partial charge in [-0.3, -0.25) is 4.79 Å². The van der Waals surface area contributed by atoms with Crippen LogP contribution in [0.1, 0.15) is 21.6 Å². The second-order valence-electron chi connectivity index (χ2n) is 3.16. The molecule has 0 saturated heterocycles. The highest BCUT2D eigenvalue weighted by atomic mass is 36.0. The Bertz CT molecular complexity index is 521. The Morgan fingerprint density at radius 3 is 2.15 bits per heavy atom. The van der Waals surface area contributed by atoms with Gasteiger partial charge in [0.15, 0.2) is 0 Å². The van der Waals surface area contributed by atoms with E-state index in [-0.39, 0.29) is 11.1 Å². The van der Waals surface area contributed by atoms with Crippen LogP contribution in [0, 0.1) is 6.92 Å². The fourth-order valence-corrected chi connectivity index (χ4v) is 1.41. The van der Waals surface area contributed by atoms with E-state index < -0.39 is 32.2 Å². The van der Waals surface area contributed by atoms with Gasteiger partial charge in [-0.1, -0.05) is 0 Å². The number of carbonyl (C=O) groups excluding carboxylic acids is 1. The zero-order valence-corrected chi connectivity index (χ0v) is 13.0. The number of aryl methyl sites for hydroxylation is 1. The molecular formula is C9H7Cl3F3NO3S. The van der Waals surface area contributed by atoms with E-state index in [9.17, 15) is 18.0 Å². The second-order valence-corrected chi connectivity index (χ2v) is 6.03. The van der Waals surface area contributed by atoms with Crippen LogP contribution in [0.4, 0.5) is 13.2 Å². The Hall–Kier alpha value is -0.570. The highest BCUT2D eigenvalue weighted by molar-refractivity contribution is 8.26. The molecule has 0 radical (unpaired) electrons. The molecule has 1 heterocycles. The Morgan fingerprint density at radius 2 is 1.85 bits per heavy atom. The van der Waals surface area contributed by atoms with Gasteiger partial charge in [0, 0.05) is 21.4 Å². The summed E-state index contributed by atoms with van der Waals surface area (Å²) in [6, 6.07) is 0.748. The number of carbonyl (C=O) groups is 1. The molecule has 0 aliphatic rings. The molecule has 114 valence electrons. The molecule has 0 unspecified atom stereocenters. The number of methoxy groups -OCH3 is 1. The van der Waals surface area contributed by atoms with Crippen molar-refractivity contribution in [2.75, 3.05) is 7.11 Å². The predicted molar refractivity (Wildman–Crippen MR) is 70.6 cm³/mol.